The maximum Gasteiger partial charge on any atom is 0.303 e. The quantitative estimate of drug-likeness (QED) is 0.0524. The van der Waals surface area contributed by atoms with E-state index in [4.69, 9.17) is 59.0 Å². The normalized spacial score (nSPS) is 24.4. The number of hydrogen-bond acceptors (Lipinski definition) is 23. The van der Waals surface area contributed by atoms with E-state index in [9.17, 15) is 28.8 Å². The molecular formula is C73H70IN15O10S2. The lowest BCUT2D eigenvalue weighted by molar-refractivity contribution is -0.143. The first kappa shape index (κ1) is 65.2. The highest BCUT2D eigenvalue weighted by Crippen LogP contribution is 2.66. The summed E-state index contributed by atoms with van der Waals surface area (Å²) in [7, 11) is 0. The SMILES string of the molecule is CC(=O)OCc1nc2c(-c3cccc4ncccc34)nn(C3CCCCO3)c2nc1N1CCC2C(C1)C2(CN1C(=O)c2ccccc2C1=O)c1nc(C)cs1.CC(=O)OCc1nc2c(I)nn(C3CCCCO3)c2nc1N1CCC2C(C1)C2(CN1C(=O)c2ccccc2C1=O)c1nc(C)cs1. The molecule has 18 rings (SSSR count). The molecule has 0 N–H and O–H groups in total. The van der Waals surface area contributed by atoms with E-state index >= 15 is 0 Å². The van der Waals surface area contributed by atoms with Crippen LogP contribution in [0.3, 0.4) is 0 Å². The number of halogens is 1. The van der Waals surface area contributed by atoms with E-state index in [1.54, 1.807) is 77.4 Å². The number of amides is 4. The Balaban J connectivity index is 0.000000153. The molecule has 2 saturated carbocycles. The summed E-state index contributed by atoms with van der Waals surface area (Å²) in [5, 5.41) is 16.9. The van der Waals surface area contributed by atoms with Gasteiger partial charge in [0.2, 0.25) is 0 Å². The fourth-order valence-corrected chi connectivity index (χ4v) is 19.5. The van der Waals surface area contributed by atoms with Crippen molar-refractivity contribution < 1.29 is 47.7 Å². The molecule has 10 aromatic rings. The van der Waals surface area contributed by atoms with Crippen molar-refractivity contribution in [2.24, 2.45) is 23.7 Å². The predicted molar refractivity (Wildman–Crippen MR) is 381 cm³/mol. The second kappa shape index (κ2) is 25.8. The molecule has 0 radical (unpaired) electrons. The Morgan fingerprint density at radius 1 is 0.554 bits per heavy atom. The number of esters is 2. The number of hydrogen-bond donors (Lipinski definition) is 0. The van der Waals surface area contributed by atoms with Crippen LogP contribution in [0, 0.1) is 41.2 Å². The first-order valence-corrected chi connectivity index (χ1v) is 37.2. The first-order valence-electron chi connectivity index (χ1n) is 34.4. The molecule has 6 aliphatic heterocycles. The van der Waals surface area contributed by atoms with Gasteiger partial charge in [0.05, 0.1) is 27.8 Å². The van der Waals surface area contributed by atoms with Crippen molar-refractivity contribution in [2.75, 3.05) is 62.3 Å². The summed E-state index contributed by atoms with van der Waals surface area (Å²) in [6.07, 6.45) is 8.56. The van der Waals surface area contributed by atoms with Crippen LogP contribution in [0.5, 0.6) is 0 Å². The molecule has 25 nitrogen and oxygen atoms in total. The summed E-state index contributed by atoms with van der Waals surface area (Å²) >= 11 is 5.36. The summed E-state index contributed by atoms with van der Waals surface area (Å²) < 4.78 is 27.9. The van der Waals surface area contributed by atoms with E-state index in [0.717, 1.165) is 89.2 Å². The number of benzene rings is 3. The van der Waals surface area contributed by atoms with Gasteiger partial charge in [-0.05, 0) is 148 Å². The molecule has 0 bridgehead atoms. The topological polar surface area (TPSA) is 278 Å². The van der Waals surface area contributed by atoms with Crippen LogP contribution in [0.15, 0.2) is 95.8 Å². The van der Waals surface area contributed by atoms with Crippen molar-refractivity contribution in [3.63, 3.8) is 0 Å². The largest absolute Gasteiger partial charge is 0.459 e. The number of aryl methyl sites for hydroxylation is 2. The summed E-state index contributed by atoms with van der Waals surface area (Å²) in [5.41, 5.74) is 8.64. The Morgan fingerprint density at radius 2 is 1.03 bits per heavy atom. The number of anilines is 2. The third kappa shape index (κ3) is 11.1. The molecule has 13 heterocycles. The van der Waals surface area contributed by atoms with Gasteiger partial charge in [-0.15, -0.1) is 22.7 Å². The molecule has 4 amide bonds. The zero-order valence-electron chi connectivity index (χ0n) is 55.9. The van der Waals surface area contributed by atoms with Crippen LogP contribution in [0.2, 0.25) is 0 Å². The second-order valence-electron chi connectivity index (χ2n) is 27.5. The Labute approximate surface area is 601 Å². The van der Waals surface area contributed by atoms with Crippen LogP contribution in [-0.4, -0.2) is 152 Å². The molecule has 101 heavy (non-hydrogen) atoms. The van der Waals surface area contributed by atoms with Crippen LogP contribution in [0.25, 0.3) is 44.5 Å². The third-order valence-corrected chi connectivity index (χ3v) is 24.6. The number of carbonyl (C=O) groups excluding carboxylic acids is 6. The van der Waals surface area contributed by atoms with Crippen molar-refractivity contribution in [2.45, 2.75) is 116 Å². The Morgan fingerprint density at radius 3 is 1.50 bits per heavy atom. The summed E-state index contributed by atoms with van der Waals surface area (Å²) in [5.74, 6) is 0.104. The Bertz CT molecular complexity index is 4990. The molecule has 2 aliphatic carbocycles. The van der Waals surface area contributed by atoms with Crippen LogP contribution in [-0.2, 0) is 52.6 Å². The lowest BCUT2D eigenvalue weighted by Gasteiger charge is -2.29. The number of carbonyl (C=O) groups is 6. The smallest absolute Gasteiger partial charge is 0.303 e. The number of piperidine rings is 2. The number of rotatable bonds is 15. The fourth-order valence-electron chi connectivity index (χ4n) is 16.7. The monoisotopic (exact) mass is 1510 g/mol. The van der Waals surface area contributed by atoms with Gasteiger partial charge in [0, 0.05) is 116 Å². The standard InChI is InChI=1S/C41H38N8O5S.C32H32IN7O5S/c1-23-21-55-40(43-23)41(22-48-38(51)27-9-3-4-10-28(27)39(48)52)29-15-17-47(19-30(29)41)36-32(20-54-24(2)50)44-35-34(26-11-7-13-31-25(26)12-8-16-42-31)46-49(37(35)45-36)33-14-5-6-18-53-33;1-17-15-46-31(34-17)32(16-39-29(42)19-7-3-4-8-20(19)30(39)43)21-10-11-38(13-22(21)32)27-23(14-45-18(2)41)35-25-26(33)37-40(28(25)36-27)24-9-5-6-12-44-24/h3-4,7-13,16,21,29-30,33H,5-6,14-15,17-20,22H2,1-2H3;3-4,7-8,15,21-22,24H,5-6,9-14,16H2,1-2H3. The average Bonchev–Trinajstić information content (AvgIpc) is 1.52. The molecule has 3 aromatic carbocycles. The molecule has 8 unspecified atom stereocenters. The lowest BCUT2D eigenvalue weighted by Crippen LogP contribution is -2.39. The van der Waals surface area contributed by atoms with Crippen molar-refractivity contribution in [3.05, 3.63) is 155 Å². The highest BCUT2D eigenvalue weighted by atomic mass is 127. The number of imide groups is 2. The first-order chi connectivity index (χ1) is 49.1. The molecular weight excluding hydrogens is 1440 g/mol. The molecule has 0 spiro atoms. The zero-order valence-corrected chi connectivity index (χ0v) is 59.7. The van der Waals surface area contributed by atoms with Crippen molar-refractivity contribution in [1.29, 1.82) is 0 Å². The number of nitrogens with zero attached hydrogens (tertiary/aromatic N) is 15. The van der Waals surface area contributed by atoms with Crippen molar-refractivity contribution in [1.82, 2.24) is 64.2 Å². The highest BCUT2D eigenvalue weighted by Gasteiger charge is 2.71. The van der Waals surface area contributed by atoms with Gasteiger partial charge in [0.25, 0.3) is 23.6 Å². The summed E-state index contributed by atoms with van der Waals surface area (Å²) in [6.45, 7) is 11.1. The fraction of sp³-hybridized carbons (Fsp3) is 0.411. The van der Waals surface area contributed by atoms with Gasteiger partial charge in [-0.2, -0.15) is 10.2 Å². The minimum absolute atomic E-state index is 0.00868. The molecule has 28 heteroatoms. The van der Waals surface area contributed by atoms with E-state index < -0.39 is 22.8 Å². The molecule has 8 aliphatic rings. The van der Waals surface area contributed by atoms with Gasteiger partial charge < -0.3 is 28.7 Å². The summed E-state index contributed by atoms with van der Waals surface area (Å²) in [4.78, 5) is 121. The molecule has 6 fully saturated rings. The average molecular weight is 1510 g/mol. The molecule has 7 aromatic heterocycles. The third-order valence-electron chi connectivity index (χ3n) is 21.6. The van der Waals surface area contributed by atoms with Gasteiger partial charge in [0.15, 0.2) is 39.1 Å². The van der Waals surface area contributed by atoms with Crippen molar-refractivity contribution in [3.8, 4) is 11.3 Å². The van der Waals surface area contributed by atoms with Crippen molar-refractivity contribution >= 4 is 126 Å². The van der Waals surface area contributed by atoms with Crippen LogP contribution in [0.1, 0.15) is 152 Å². The predicted octanol–water partition coefficient (Wildman–Crippen LogP) is 10.9. The minimum Gasteiger partial charge on any atom is -0.459 e. The van der Waals surface area contributed by atoms with Gasteiger partial charge in [-0.25, -0.2) is 39.3 Å². The Kier molecular flexibility index (Phi) is 16.6. The number of ether oxygens (including phenoxy) is 4. The van der Waals surface area contributed by atoms with Crippen LogP contribution >= 0.6 is 45.3 Å². The molecule has 516 valence electrons. The highest BCUT2D eigenvalue weighted by molar-refractivity contribution is 14.1. The van der Waals surface area contributed by atoms with E-state index in [1.807, 2.05) is 64.3 Å². The minimum atomic E-state index is -0.498. The van der Waals surface area contributed by atoms with Gasteiger partial charge in [0.1, 0.15) is 51.3 Å². The Hall–Kier alpha value is -9.10. The lowest BCUT2D eigenvalue weighted by atomic mass is 10.0. The number of pyridine rings is 1. The van der Waals surface area contributed by atoms with Crippen LogP contribution in [0.4, 0.5) is 11.6 Å². The van der Waals surface area contributed by atoms with E-state index in [2.05, 4.69) is 37.4 Å². The van der Waals surface area contributed by atoms with E-state index in [1.165, 1.54) is 23.6 Å². The number of thiazole rings is 2. The number of aromatic nitrogens is 11. The molecule has 4 saturated heterocycles. The maximum atomic E-state index is 13.7. The van der Waals surface area contributed by atoms with E-state index in [0.29, 0.717) is 116 Å². The zero-order chi connectivity index (χ0) is 69.2. The van der Waals surface area contributed by atoms with Gasteiger partial charge in [-0.3, -0.25) is 43.6 Å². The summed E-state index contributed by atoms with van der Waals surface area (Å²) in [6, 6.07) is 24.0. The molecule has 8 atom stereocenters. The van der Waals surface area contributed by atoms with E-state index in [-0.39, 0.29) is 86.1 Å². The second-order valence-corrected chi connectivity index (χ2v) is 30.2. The van der Waals surface area contributed by atoms with Gasteiger partial charge >= 0.3 is 11.9 Å². The van der Waals surface area contributed by atoms with Gasteiger partial charge in [-0.1, -0.05) is 42.5 Å². The number of fused-ring (bicyclic) bond motifs is 7. The maximum absolute atomic E-state index is 13.7. The van der Waals surface area contributed by atoms with Crippen LogP contribution < -0.4 is 9.80 Å².